The number of nitrogens with two attached hydrogens (primary N) is 1. The summed E-state index contributed by atoms with van der Waals surface area (Å²) in [6, 6.07) is 0.388. The van der Waals surface area contributed by atoms with E-state index in [9.17, 15) is 9.90 Å². The highest BCUT2D eigenvalue weighted by molar-refractivity contribution is 5.94. The van der Waals surface area contributed by atoms with E-state index in [1.165, 1.54) is 4.90 Å². The maximum Gasteiger partial charge on any atom is 0.238 e. The molecule has 2 heterocycles. The average molecular weight is 250 g/mol. The van der Waals surface area contributed by atoms with Gasteiger partial charge in [0.25, 0.3) is 0 Å². The highest BCUT2D eigenvalue weighted by Crippen LogP contribution is 2.24. The first-order valence-corrected chi connectivity index (χ1v) is 5.88. The number of aliphatic hydroxyl groups is 1. The van der Waals surface area contributed by atoms with Crippen LogP contribution in [0.2, 0.25) is 0 Å². The third-order valence-electron chi connectivity index (χ3n) is 2.90. The summed E-state index contributed by atoms with van der Waals surface area (Å²) in [6.07, 6.45) is 1.59. The van der Waals surface area contributed by atoms with E-state index in [0.717, 1.165) is 12.8 Å². The minimum absolute atomic E-state index is 0.0670. The van der Waals surface area contributed by atoms with Crippen LogP contribution in [0.25, 0.3) is 0 Å². The fourth-order valence-corrected chi connectivity index (χ4v) is 1.86. The van der Waals surface area contributed by atoms with Crippen molar-refractivity contribution in [3.8, 4) is 0 Å². The number of anilines is 3. The van der Waals surface area contributed by atoms with E-state index < -0.39 is 6.10 Å². The number of aromatic nitrogens is 3. The molecule has 1 aliphatic carbocycles. The molecular formula is C10H14N6O2. The van der Waals surface area contributed by atoms with Gasteiger partial charge in [-0.2, -0.15) is 15.0 Å². The first kappa shape index (κ1) is 11.1. The lowest BCUT2D eigenvalue weighted by atomic mass is 10.3. The Balaban J connectivity index is 1.86. The molecule has 1 amide bonds. The molecule has 1 atom stereocenters. The van der Waals surface area contributed by atoms with Gasteiger partial charge in [-0.1, -0.05) is 0 Å². The van der Waals surface area contributed by atoms with Crippen LogP contribution in [0.5, 0.6) is 0 Å². The Bertz CT molecular complexity index is 489. The fraction of sp³-hybridized carbons (Fsp3) is 0.600. The topological polar surface area (TPSA) is 117 Å². The van der Waals surface area contributed by atoms with Gasteiger partial charge < -0.3 is 16.2 Å². The van der Waals surface area contributed by atoms with Gasteiger partial charge in [-0.3, -0.25) is 9.69 Å². The Labute approximate surface area is 103 Å². The lowest BCUT2D eigenvalue weighted by Gasteiger charge is -2.14. The van der Waals surface area contributed by atoms with E-state index in [1.807, 2.05) is 0 Å². The van der Waals surface area contributed by atoms with Gasteiger partial charge in [-0.05, 0) is 12.8 Å². The van der Waals surface area contributed by atoms with Gasteiger partial charge in [0.15, 0.2) is 0 Å². The normalized spacial score (nSPS) is 23.5. The van der Waals surface area contributed by atoms with Crippen molar-refractivity contribution in [2.45, 2.75) is 31.4 Å². The van der Waals surface area contributed by atoms with Crippen LogP contribution in [0.3, 0.4) is 0 Å². The highest BCUT2D eigenvalue weighted by Gasteiger charge is 2.32. The van der Waals surface area contributed by atoms with Gasteiger partial charge in [0, 0.05) is 6.04 Å². The molecule has 18 heavy (non-hydrogen) atoms. The van der Waals surface area contributed by atoms with E-state index >= 15 is 0 Å². The predicted molar refractivity (Wildman–Crippen MR) is 63.9 cm³/mol. The standard InChI is InChI=1S/C10H14N6O2/c11-8-13-9(12-5-1-2-5)15-10(14-8)16-4-6(17)3-7(16)18/h5-6,17H,1-4H2,(H3,11,12,13,14,15)/t6-/m1/s1. The van der Waals surface area contributed by atoms with E-state index in [-0.39, 0.29) is 30.8 Å². The quantitative estimate of drug-likeness (QED) is 0.638. The number of carbonyl (C=O) groups is 1. The lowest BCUT2D eigenvalue weighted by Crippen LogP contribution is -2.28. The van der Waals surface area contributed by atoms with E-state index in [0.29, 0.717) is 12.0 Å². The molecule has 96 valence electrons. The number of carbonyl (C=O) groups excluding carboxylic acids is 1. The maximum absolute atomic E-state index is 11.6. The van der Waals surface area contributed by atoms with Crippen molar-refractivity contribution in [2.75, 3.05) is 22.5 Å². The molecule has 8 heteroatoms. The predicted octanol–water partition coefficient (Wildman–Crippen LogP) is -0.874. The number of hydrogen-bond donors (Lipinski definition) is 3. The second-order valence-corrected chi connectivity index (χ2v) is 4.60. The minimum Gasteiger partial charge on any atom is -0.391 e. The molecule has 0 unspecified atom stereocenters. The Morgan fingerprint density at radius 3 is 2.72 bits per heavy atom. The van der Waals surface area contributed by atoms with Crippen molar-refractivity contribution in [3.05, 3.63) is 0 Å². The molecule has 0 aromatic carbocycles. The highest BCUT2D eigenvalue weighted by atomic mass is 16.3. The summed E-state index contributed by atoms with van der Waals surface area (Å²) < 4.78 is 0. The van der Waals surface area contributed by atoms with Crippen LogP contribution in [-0.4, -0.2) is 44.7 Å². The zero-order chi connectivity index (χ0) is 12.7. The number of nitrogen functional groups attached to an aromatic ring is 1. The maximum atomic E-state index is 11.6. The van der Waals surface area contributed by atoms with Crippen molar-refractivity contribution in [2.24, 2.45) is 0 Å². The number of nitrogens with zero attached hydrogens (tertiary/aromatic N) is 4. The number of amides is 1. The first-order valence-electron chi connectivity index (χ1n) is 5.88. The molecule has 1 saturated carbocycles. The van der Waals surface area contributed by atoms with E-state index in [1.54, 1.807) is 0 Å². The monoisotopic (exact) mass is 250 g/mol. The lowest BCUT2D eigenvalue weighted by molar-refractivity contribution is -0.117. The van der Waals surface area contributed by atoms with Crippen LogP contribution in [-0.2, 0) is 4.79 Å². The summed E-state index contributed by atoms with van der Waals surface area (Å²) in [5.41, 5.74) is 5.60. The van der Waals surface area contributed by atoms with Crippen LogP contribution < -0.4 is 16.0 Å². The number of β-amino-alcohol motifs (C(OH)–C–C–N with tert-alkyl or cyclic N) is 1. The van der Waals surface area contributed by atoms with Crippen LogP contribution in [0.1, 0.15) is 19.3 Å². The molecule has 2 fully saturated rings. The van der Waals surface area contributed by atoms with Crippen molar-refractivity contribution in [3.63, 3.8) is 0 Å². The summed E-state index contributed by atoms with van der Waals surface area (Å²) >= 11 is 0. The number of nitrogens with one attached hydrogen (secondary N) is 1. The van der Waals surface area contributed by atoms with Gasteiger partial charge in [0.2, 0.25) is 23.8 Å². The SMILES string of the molecule is Nc1nc(NC2CC2)nc(N2C[C@H](O)CC2=O)n1. The Hall–Kier alpha value is -1.96. The Morgan fingerprint density at radius 2 is 2.11 bits per heavy atom. The third-order valence-corrected chi connectivity index (χ3v) is 2.90. The van der Waals surface area contributed by atoms with Crippen molar-refractivity contribution in [1.82, 2.24) is 15.0 Å². The number of aliphatic hydroxyl groups excluding tert-OH is 1. The van der Waals surface area contributed by atoms with Crippen LogP contribution in [0.15, 0.2) is 0 Å². The Kier molecular flexibility index (Phi) is 2.51. The summed E-state index contributed by atoms with van der Waals surface area (Å²) in [5.74, 6) is 0.448. The van der Waals surface area contributed by atoms with Gasteiger partial charge in [0.1, 0.15) is 0 Å². The minimum atomic E-state index is -0.671. The molecule has 1 aromatic rings. The summed E-state index contributed by atoms with van der Waals surface area (Å²) in [6.45, 7) is 0.200. The molecule has 0 bridgehead atoms. The largest absolute Gasteiger partial charge is 0.391 e. The summed E-state index contributed by atoms with van der Waals surface area (Å²) in [4.78, 5) is 25.1. The molecule has 4 N–H and O–H groups in total. The molecule has 1 saturated heterocycles. The van der Waals surface area contributed by atoms with Crippen LogP contribution >= 0.6 is 0 Å². The summed E-state index contributed by atoms with van der Waals surface area (Å²) in [7, 11) is 0. The van der Waals surface area contributed by atoms with Gasteiger partial charge in [0.05, 0.1) is 19.1 Å². The second-order valence-electron chi connectivity index (χ2n) is 4.60. The first-order chi connectivity index (χ1) is 8.61. The molecule has 3 rings (SSSR count). The van der Waals surface area contributed by atoms with Crippen molar-refractivity contribution in [1.29, 1.82) is 0 Å². The zero-order valence-electron chi connectivity index (χ0n) is 9.70. The fourth-order valence-electron chi connectivity index (χ4n) is 1.86. The molecule has 1 aromatic heterocycles. The second kappa shape index (κ2) is 4.05. The number of hydrogen-bond acceptors (Lipinski definition) is 7. The van der Waals surface area contributed by atoms with E-state index in [4.69, 9.17) is 5.73 Å². The molecular weight excluding hydrogens is 236 g/mol. The van der Waals surface area contributed by atoms with Gasteiger partial charge >= 0.3 is 0 Å². The van der Waals surface area contributed by atoms with Gasteiger partial charge in [-0.25, -0.2) is 0 Å². The van der Waals surface area contributed by atoms with Crippen LogP contribution in [0.4, 0.5) is 17.8 Å². The van der Waals surface area contributed by atoms with Crippen molar-refractivity contribution < 1.29 is 9.90 Å². The van der Waals surface area contributed by atoms with E-state index in [2.05, 4.69) is 20.3 Å². The molecule has 0 radical (unpaired) electrons. The van der Waals surface area contributed by atoms with Crippen molar-refractivity contribution >= 4 is 23.8 Å². The molecule has 2 aliphatic rings. The zero-order valence-corrected chi connectivity index (χ0v) is 9.70. The average Bonchev–Trinajstić information content (AvgIpc) is 3.02. The molecule has 1 aliphatic heterocycles. The third kappa shape index (κ3) is 2.19. The smallest absolute Gasteiger partial charge is 0.238 e. The molecule has 8 nitrogen and oxygen atoms in total. The van der Waals surface area contributed by atoms with Crippen LogP contribution in [0, 0.1) is 0 Å². The molecule has 0 spiro atoms. The summed E-state index contributed by atoms with van der Waals surface area (Å²) in [5, 5.41) is 12.5. The van der Waals surface area contributed by atoms with Gasteiger partial charge in [-0.15, -0.1) is 0 Å². The number of rotatable bonds is 3. The Morgan fingerprint density at radius 1 is 1.33 bits per heavy atom.